The van der Waals surface area contributed by atoms with E-state index in [0.717, 1.165) is 29.1 Å². The Morgan fingerprint density at radius 2 is 1.91 bits per heavy atom. The van der Waals surface area contributed by atoms with Crippen molar-refractivity contribution in [3.8, 4) is 11.3 Å². The van der Waals surface area contributed by atoms with E-state index in [1.807, 2.05) is 38.1 Å². The molecular weight excluding hydrogens is 280 g/mol. The molecule has 7 nitrogen and oxygen atoms in total. The lowest BCUT2D eigenvalue weighted by Gasteiger charge is -2.01. The number of oxime groups is 1. The van der Waals surface area contributed by atoms with Crippen molar-refractivity contribution in [2.75, 3.05) is 6.61 Å². The van der Waals surface area contributed by atoms with Crippen molar-refractivity contribution < 1.29 is 4.84 Å². The summed E-state index contributed by atoms with van der Waals surface area (Å²) in [4.78, 5) is 9.88. The van der Waals surface area contributed by atoms with E-state index in [2.05, 4.69) is 25.4 Å². The lowest BCUT2D eigenvalue weighted by atomic mass is 10.1. The largest absolute Gasteiger partial charge is 0.396 e. The van der Waals surface area contributed by atoms with E-state index in [0.29, 0.717) is 23.8 Å². The first-order valence-electron chi connectivity index (χ1n) is 7.26. The average Bonchev–Trinajstić information content (AvgIpc) is 3.09. The Morgan fingerprint density at radius 3 is 2.68 bits per heavy atom. The summed E-state index contributed by atoms with van der Waals surface area (Å²) in [6.45, 7) is 4.41. The molecular formula is C15H14N6O. The van der Waals surface area contributed by atoms with Crippen LogP contribution < -0.4 is 0 Å². The minimum Gasteiger partial charge on any atom is -0.396 e. The number of fused-ring (bicyclic) bond motifs is 4. The molecule has 3 aromatic rings. The van der Waals surface area contributed by atoms with Crippen LogP contribution in [0.1, 0.15) is 30.9 Å². The van der Waals surface area contributed by atoms with Crippen LogP contribution in [-0.2, 0) is 11.3 Å². The second-order valence-corrected chi connectivity index (χ2v) is 4.89. The van der Waals surface area contributed by atoms with Crippen LogP contribution in [0.4, 0.5) is 0 Å². The van der Waals surface area contributed by atoms with Gasteiger partial charge < -0.3 is 4.84 Å². The van der Waals surface area contributed by atoms with Crippen LogP contribution in [0.25, 0.3) is 17.0 Å². The molecule has 0 amide bonds. The molecule has 0 fully saturated rings. The molecule has 0 saturated heterocycles. The molecule has 1 aliphatic rings. The molecule has 0 saturated carbocycles. The van der Waals surface area contributed by atoms with Crippen LogP contribution >= 0.6 is 0 Å². The highest BCUT2D eigenvalue weighted by Crippen LogP contribution is 2.34. The molecule has 1 aliphatic carbocycles. The van der Waals surface area contributed by atoms with Gasteiger partial charge in [-0.25, -0.2) is 4.98 Å². The third kappa shape index (κ3) is 1.71. The van der Waals surface area contributed by atoms with Gasteiger partial charge in [0.1, 0.15) is 23.7 Å². The van der Waals surface area contributed by atoms with Crippen molar-refractivity contribution >= 4 is 11.5 Å². The highest BCUT2D eigenvalue weighted by atomic mass is 16.6. The van der Waals surface area contributed by atoms with Crippen molar-refractivity contribution in [2.24, 2.45) is 5.16 Å². The fourth-order valence-corrected chi connectivity index (χ4v) is 2.59. The molecule has 0 aliphatic heterocycles. The van der Waals surface area contributed by atoms with Crippen LogP contribution in [-0.4, -0.2) is 37.1 Å². The van der Waals surface area contributed by atoms with Gasteiger partial charge in [0.25, 0.3) is 5.78 Å². The van der Waals surface area contributed by atoms with Crippen LogP contribution in [0.15, 0.2) is 29.4 Å². The van der Waals surface area contributed by atoms with Gasteiger partial charge in [0.2, 0.25) is 0 Å². The number of hydrogen-bond acceptors (Lipinski definition) is 6. The summed E-state index contributed by atoms with van der Waals surface area (Å²) in [6, 6.07) is 7.94. The molecule has 4 rings (SSSR count). The molecule has 1 aromatic carbocycles. The van der Waals surface area contributed by atoms with E-state index in [1.165, 1.54) is 0 Å². The Balaban J connectivity index is 2.02. The first-order valence-corrected chi connectivity index (χ1v) is 7.26. The minimum absolute atomic E-state index is 0.503. The second-order valence-electron chi connectivity index (χ2n) is 4.89. The van der Waals surface area contributed by atoms with Gasteiger partial charge in [-0.05, 0) is 6.92 Å². The van der Waals surface area contributed by atoms with Gasteiger partial charge in [0.05, 0.1) is 0 Å². The standard InChI is InChI=1S/C15H14N6O/c1-3-11-17-18-15-16-12-9-7-5-6-8-10(9)13(20-22-4-2)14(12)19-21(11)15/h5-8H,3-4H2,1-2H3/b20-13-. The Kier molecular flexibility index (Phi) is 2.85. The molecule has 0 radical (unpaired) electrons. The zero-order valence-corrected chi connectivity index (χ0v) is 12.3. The SMILES string of the molecule is CCO/N=C1/c2ccccc2-c2nc3nnc(CC)n3nc21. The van der Waals surface area contributed by atoms with E-state index < -0.39 is 0 Å². The van der Waals surface area contributed by atoms with E-state index in [4.69, 9.17) is 4.84 Å². The Bertz CT molecular complexity index is 898. The predicted molar refractivity (Wildman–Crippen MR) is 80.7 cm³/mol. The highest BCUT2D eigenvalue weighted by Gasteiger charge is 2.30. The number of aryl methyl sites for hydroxylation is 1. The Labute approximate surface area is 126 Å². The van der Waals surface area contributed by atoms with Crippen LogP contribution in [0.3, 0.4) is 0 Å². The molecule has 110 valence electrons. The molecule has 0 bridgehead atoms. The van der Waals surface area contributed by atoms with Crippen LogP contribution in [0, 0.1) is 0 Å². The van der Waals surface area contributed by atoms with Crippen LogP contribution in [0.5, 0.6) is 0 Å². The monoisotopic (exact) mass is 294 g/mol. The maximum Gasteiger partial charge on any atom is 0.272 e. The average molecular weight is 294 g/mol. The molecule has 7 heteroatoms. The van der Waals surface area contributed by atoms with Crippen molar-refractivity contribution in [2.45, 2.75) is 20.3 Å². The normalized spacial score (nSPS) is 14.4. The molecule has 22 heavy (non-hydrogen) atoms. The zero-order valence-electron chi connectivity index (χ0n) is 12.3. The highest BCUT2D eigenvalue weighted by molar-refractivity contribution is 6.22. The van der Waals surface area contributed by atoms with Gasteiger partial charge in [-0.2, -0.15) is 9.61 Å². The van der Waals surface area contributed by atoms with Gasteiger partial charge in [-0.1, -0.05) is 36.3 Å². The second kappa shape index (κ2) is 4.87. The summed E-state index contributed by atoms with van der Waals surface area (Å²) < 4.78 is 1.67. The number of aromatic nitrogens is 5. The van der Waals surface area contributed by atoms with Crippen molar-refractivity contribution in [1.29, 1.82) is 0 Å². The van der Waals surface area contributed by atoms with E-state index in [1.54, 1.807) is 4.52 Å². The lowest BCUT2D eigenvalue weighted by Crippen LogP contribution is -2.08. The smallest absolute Gasteiger partial charge is 0.272 e. The maximum absolute atomic E-state index is 5.26. The van der Waals surface area contributed by atoms with Gasteiger partial charge >= 0.3 is 0 Å². The zero-order chi connectivity index (χ0) is 15.1. The molecule has 2 heterocycles. The van der Waals surface area contributed by atoms with Gasteiger partial charge in [-0.3, -0.25) is 0 Å². The Morgan fingerprint density at radius 1 is 1.09 bits per heavy atom. The number of hydrogen-bond donors (Lipinski definition) is 0. The predicted octanol–water partition coefficient (Wildman–Crippen LogP) is 1.85. The van der Waals surface area contributed by atoms with Gasteiger partial charge in [-0.15, -0.1) is 10.2 Å². The fourth-order valence-electron chi connectivity index (χ4n) is 2.59. The molecule has 0 unspecified atom stereocenters. The molecule has 0 N–H and O–H groups in total. The number of rotatable bonds is 3. The number of nitrogens with zero attached hydrogens (tertiary/aromatic N) is 6. The van der Waals surface area contributed by atoms with E-state index in [-0.39, 0.29) is 0 Å². The number of benzene rings is 1. The van der Waals surface area contributed by atoms with E-state index >= 15 is 0 Å². The van der Waals surface area contributed by atoms with Crippen molar-refractivity contribution in [3.05, 3.63) is 41.3 Å². The first-order chi connectivity index (χ1) is 10.8. The van der Waals surface area contributed by atoms with Gasteiger partial charge in [0, 0.05) is 17.5 Å². The Hall–Kier alpha value is -2.83. The van der Waals surface area contributed by atoms with Gasteiger partial charge in [0.15, 0.2) is 5.82 Å². The first kappa shape index (κ1) is 12.9. The third-order valence-corrected chi connectivity index (χ3v) is 3.59. The summed E-state index contributed by atoms with van der Waals surface area (Å²) in [6.07, 6.45) is 0.736. The quantitative estimate of drug-likeness (QED) is 0.539. The summed E-state index contributed by atoms with van der Waals surface area (Å²) >= 11 is 0. The minimum atomic E-state index is 0.503. The third-order valence-electron chi connectivity index (χ3n) is 3.59. The topological polar surface area (TPSA) is 77.6 Å². The summed E-state index contributed by atoms with van der Waals surface area (Å²) in [7, 11) is 0. The molecule has 0 spiro atoms. The molecule has 0 atom stereocenters. The summed E-state index contributed by atoms with van der Waals surface area (Å²) in [5.74, 6) is 1.28. The van der Waals surface area contributed by atoms with E-state index in [9.17, 15) is 0 Å². The van der Waals surface area contributed by atoms with Crippen molar-refractivity contribution in [1.82, 2.24) is 24.8 Å². The summed E-state index contributed by atoms with van der Waals surface area (Å²) in [5, 5.41) is 17.1. The molecule has 2 aromatic heterocycles. The van der Waals surface area contributed by atoms with Crippen molar-refractivity contribution in [3.63, 3.8) is 0 Å². The summed E-state index contributed by atoms with van der Waals surface area (Å²) in [5.41, 5.74) is 4.16. The maximum atomic E-state index is 5.26. The lowest BCUT2D eigenvalue weighted by molar-refractivity contribution is 0.159. The fraction of sp³-hybridized carbons (Fsp3) is 0.267. The van der Waals surface area contributed by atoms with Crippen LogP contribution in [0.2, 0.25) is 0 Å².